The average Bonchev–Trinajstić information content (AvgIpc) is 2.75. The van der Waals surface area contributed by atoms with Gasteiger partial charge in [-0.15, -0.1) is 0 Å². The number of unbranched alkanes of at least 4 members (excludes halogenated alkanes) is 13. The molecule has 0 atom stereocenters. The van der Waals surface area contributed by atoms with E-state index in [-0.39, 0.29) is 18.4 Å². The number of hydrogen-bond acceptors (Lipinski definition) is 3. The van der Waals surface area contributed by atoms with E-state index in [0.29, 0.717) is 12.2 Å². The van der Waals surface area contributed by atoms with Gasteiger partial charge in [-0.25, -0.2) is 0 Å². The van der Waals surface area contributed by atoms with E-state index in [2.05, 4.69) is 12.2 Å². The van der Waals surface area contributed by atoms with E-state index in [1.165, 1.54) is 77.0 Å². The third-order valence-electron chi connectivity index (χ3n) is 5.19. The molecule has 0 aliphatic heterocycles. The number of rotatable bonds is 18. The van der Waals surface area contributed by atoms with Crippen molar-refractivity contribution in [1.82, 2.24) is 5.32 Å². The molecule has 164 valence electrons. The maximum atomic E-state index is 11.8. The van der Waals surface area contributed by atoms with Crippen LogP contribution >= 0.6 is 0 Å². The van der Waals surface area contributed by atoms with Crippen LogP contribution in [0.2, 0.25) is 0 Å². The highest BCUT2D eigenvalue weighted by Crippen LogP contribution is 2.12. The third-order valence-corrected chi connectivity index (χ3v) is 5.19. The van der Waals surface area contributed by atoms with Crippen LogP contribution in [-0.2, 0) is 9.53 Å². The molecule has 0 saturated heterocycles. The van der Waals surface area contributed by atoms with Gasteiger partial charge in [-0.05, 0) is 18.6 Å². The van der Waals surface area contributed by atoms with Gasteiger partial charge in [-0.2, -0.15) is 0 Å². The van der Waals surface area contributed by atoms with Crippen LogP contribution in [0.1, 0.15) is 107 Å². The molecule has 0 heterocycles. The van der Waals surface area contributed by atoms with Crippen molar-refractivity contribution < 1.29 is 14.3 Å². The van der Waals surface area contributed by atoms with Crippen LogP contribution in [0.3, 0.4) is 0 Å². The third kappa shape index (κ3) is 14.8. The topological polar surface area (TPSA) is 55.4 Å². The predicted octanol–water partition coefficient (Wildman–Crippen LogP) is 6.44. The minimum atomic E-state index is -0.371. The van der Waals surface area contributed by atoms with Gasteiger partial charge in [0, 0.05) is 5.56 Å². The summed E-state index contributed by atoms with van der Waals surface area (Å²) in [7, 11) is 0. The monoisotopic (exact) mass is 403 g/mol. The minimum absolute atomic E-state index is 0.0771. The Labute approximate surface area is 177 Å². The number of ether oxygens (including phenoxy) is 1. The van der Waals surface area contributed by atoms with Gasteiger partial charge in [-0.3, -0.25) is 9.59 Å². The van der Waals surface area contributed by atoms with Crippen molar-refractivity contribution in [2.45, 2.75) is 96.8 Å². The second-order valence-electron chi connectivity index (χ2n) is 7.87. The van der Waals surface area contributed by atoms with Gasteiger partial charge in [-0.1, -0.05) is 109 Å². The molecule has 0 unspecified atom stereocenters. The second kappa shape index (κ2) is 18.2. The number of esters is 1. The number of amides is 1. The molecular weight excluding hydrogens is 362 g/mol. The van der Waals surface area contributed by atoms with Crippen LogP contribution in [0.15, 0.2) is 30.3 Å². The van der Waals surface area contributed by atoms with E-state index in [1.54, 1.807) is 24.3 Å². The Balaban J connectivity index is 1.82. The molecule has 0 aromatic heterocycles. The van der Waals surface area contributed by atoms with Crippen molar-refractivity contribution in [1.29, 1.82) is 0 Å². The Kier molecular flexibility index (Phi) is 15.8. The lowest BCUT2D eigenvalue weighted by molar-refractivity contribution is -0.142. The lowest BCUT2D eigenvalue weighted by Gasteiger charge is -2.07. The molecule has 0 bridgehead atoms. The van der Waals surface area contributed by atoms with E-state index in [1.807, 2.05) is 6.07 Å². The van der Waals surface area contributed by atoms with Gasteiger partial charge in [0.2, 0.25) is 0 Å². The first-order valence-corrected chi connectivity index (χ1v) is 11.7. The van der Waals surface area contributed by atoms with E-state index < -0.39 is 0 Å². The predicted molar refractivity (Wildman–Crippen MR) is 120 cm³/mol. The van der Waals surface area contributed by atoms with Crippen molar-refractivity contribution in [3.05, 3.63) is 35.9 Å². The van der Waals surface area contributed by atoms with E-state index in [0.717, 1.165) is 12.8 Å². The molecule has 29 heavy (non-hydrogen) atoms. The molecule has 0 aliphatic carbocycles. The molecule has 0 radical (unpaired) electrons. The highest BCUT2D eigenvalue weighted by atomic mass is 16.5. The van der Waals surface area contributed by atoms with Crippen LogP contribution < -0.4 is 5.32 Å². The minimum Gasteiger partial charge on any atom is -0.464 e. The molecule has 1 amide bonds. The Morgan fingerprint density at radius 2 is 1.21 bits per heavy atom. The number of hydrogen-bond donors (Lipinski definition) is 1. The molecular formula is C25H41NO3. The summed E-state index contributed by atoms with van der Waals surface area (Å²) < 4.78 is 5.18. The summed E-state index contributed by atoms with van der Waals surface area (Å²) in [5, 5.41) is 2.59. The molecule has 1 aromatic carbocycles. The highest BCUT2D eigenvalue weighted by molar-refractivity contribution is 5.95. The summed E-state index contributed by atoms with van der Waals surface area (Å²) in [6.45, 7) is 2.63. The summed E-state index contributed by atoms with van der Waals surface area (Å²) in [6.07, 6.45) is 18.3. The summed E-state index contributed by atoms with van der Waals surface area (Å²) >= 11 is 0. The van der Waals surface area contributed by atoms with Crippen molar-refractivity contribution in [3.63, 3.8) is 0 Å². The highest BCUT2D eigenvalue weighted by Gasteiger charge is 2.08. The zero-order valence-electron chi connectivity index (χ0n) is 18.4. The average molecular weight is 404 g/mol. The lowest BCUT2D eigenvalue weighted by atomic mass is 10.0. The van der Waals surface area contributed by atoms with E-state index in [4.69, 9.17) is 4.74 Å². The zero-order valence-corrected chi connectivity index (χ0v) is 18.4. The van der Waals surface area contributed by atoms with Crippen molar-refractivity contribution in [3.8, 4) is 0 Å². The van der Waals surface area contributed by atoms with E-state index in [9.17, 15) is 9.59 Å². The van der Waals surface area contributed by atoms with Gasteiger partial charge >= 0.3 is 5.97 Å². The summed E-state index contributed by atoms with van der Waals surface area (Å²) in [4.78, 5) is 23.5. The fourth-order valence-electron chi connectivity index (χ4n) is 3.38. The summed E-state index contributed by atoms with van der Waals surface area (Å²) in [6, 6.07) is 8.87. The van der Waals surface area contributed by atoms with Gasteiger partial charge in [0.1, 0.15) is 6.54 Å². The molecule has 1 N–H and O–H groups in total. The molecule has 0 fully saturated rings. The Morgan fingerprint density at radius 3 is 1.72 bits per heavy atom. The molecule has 4 nitrogen and oxygen atoms in total. The first-order valence-electron chi connectivity index (χ1n) is 11.7. The van der Waals surface area contributed by atoms with Crippen LogP contribution in [0.5, 0.6) is 0 Å². The molecule has 1 rings (SSSR count). The molecule has 0 spiro atoms. The van der Waals surface area contributed by atoms with Gasteiger partial charge < -0.3 is 10.1 Å². The standard InChI is InChI=1S/C25H41NO3/c1-2-3-4-5-6-7-8-9-10-11-12-13-14-18-21-29-24(27)22-26-25(28)23-19-16-15-17-20-23/h15-17,19-20H,2-14,18,21-22H2,1H3,(H,26,28). The van der Waals surface area contributed by atoms with Gasteiger partial charge in [0.05, 0.1) is 6.61 Å². The van der Waals surface area contributed by atoms with Gasteiger partial charge in [0.15, 0.2) is 0 Å². The van der Waals surface area contributed by atoms with Crippen molar-refractivity contribution in [2.24, 2.45) is 0 Å². The Bertz CT molecular complexity index is 530. The first-order chi connectivity index (χ1) is 14.2. The number of benzene rings is 1. The smallest absolute Gasteiger partial charge is 0.325 e. The Morgan fingerprint density at radius 1 is 0.724 bits per heavy atom. The van der Waals surface area contributed by atoms with Crippen LogP contribution in [-0.4, -0.2) is 25.0 Å². The quantitative estimate of drug-likeness (QED) is 0.227. The van der Waals surface area contributed by atoms with Crippen molar-refractivity contribution in [2.75, 3.05) is 13.2 Å². The zero-order chi connectivity index (χ0) is 21.0. The number of carbonyl (C=O) groups is 2. The maximum Gasteiger partial charge on any atom is 0.325 e. The number of nitrogens with one attached hydrogen (secondary N) is 1. The Hall–Kier alpha value is -1.84. The van der Waals surface area contributed by atoms with E-state index >= 15 is 0 Å². The molecule has 4 heteroatoms. The van der Waals surface area contributed by atoms with Crippen LogP contribution in [0, 0.1) is 0 Å². The van der Waals surface area contributed by atoms with Crippen LogP contribution in [0.4, 0.5) is 0 Å². The van der Waals surface area contributed by atoms with Crippen molar-refractivity contribution >= 4 is 11.9 Å². The normalized spacial score (nSPS) is 10.7. The maximum absolute atomic E-state index is 11.8. The first kappa shape index (κ1) is 25.2. The van der Waals surface area contributed by atoms with Crippen LogP contribution in [0.25, 0.3) is 0 Å². The van der Waals surface area contributed by atoms with Gasteiger partial charge in [0.25, 0.3) is 5.91 Å². The number of carbonyl (C=O) groups excluding carboxylic acids is 2. The summed E-state index contributed by atoms with van der Waals surface area (Å²) in [5.41, 5.74) is 0.548. The fraction of sp³-hybridized carbons (Fsp3) is 0.680. The summed E-state index contributed by atoms with van der Waals surface area (Å²) in [5.74, 6) is -0.622. The molecule has 1 aromatic rings. The largest absolute Gasteiger partial charge is 0.464 e. The fourth-order valence-corrected chi connectivity index (χ4v) is 3.38. The SMILES string of the molecule is CCCCCCCCCCCCCCCCOC(=O)CNC(=O)c1ccccc1. The second-order valence-corrected chi connectivity index (χ2v) is 7.87. The lowest BCUT2D eigenvalue weighted by Crippen LogP contribution is -2.30. The molecule has 0 aliphatic rings. The molecule has 0 saturated carbocycles.